The molecule has 3 rings (SSSR count). The van der Waals surface area contributed by atoms with E-state index in [2.05, 4.69) is 23.6 Å². The van der Waals surface area contributed by atoms with Crippen molar-refractivity contribution in [1.82, 2.24) is 9.71 Å². The number of aromatic nitrogens is 1. The van der Waals surface area contributed by atoms with Crippen LogP contribution >= 0.6 is 34.3 Å². The second kappa shape index (κ2) is 7.74. The van der Waals surface area contributed by atoms with E-state index in [0.717, 1.165) is 15.6 Å². The minimum atomic E-state index is -3.67. The Labute approximate surface area is 164 Å². The van der Waals surface area contributed by atoms with Gasteiger partial charge in [0.1, 0.15) is 15.0 Å². The molecule has 1 aromatic carbocycles. The molecule has 0 unspecified atom stereocenters. The van der Waals surface area contributed by atoms with E-state index in [9.17, 15) is 12.8 Å². The Morgan fingerprint density at radius 2 is 2.04 bits per heavy atom. The largest absolute Gasteiger partial charge is 0.250 e. The van der Waals surface area contributed by atoms with Crippen molar-refractivity contribution in [2.45, 2.75) is 30.5 Å². The third-order valence-corrected chi connectivity index (χ3v) is 7.92. The Kier molecular flexibility index (Phi) is 5.78. The second-order valence-corrected chi connectivity index (χ2v) is 10.3. The van der Waals surface area contributed by atoms with Crippen molar-refractivity contribution in [1.29, 1.82) is 0 Å². The number of hydrogen-bond donors (Lipinski definition) is 1. The molecule has 1 N–H and O–H groups in total. The van der Waals surface area contributed by atoms with Gasteiger partial charge in [0.15, 0.2) is 0 Å². The van der Waals surface area contributed by atoms with Crippen molar-refractivity contribution in [3.05, 3.63) is 57.8 Å². The zero-order chi connectivity index (χ0) is 18.9. The molecule has 3 aromatic rings. The van der Waals surface area contributed by atoms with Gasteiger partial charge in [0.2, 0.25) is 10.0 Å². The van der Waals surface area contributed by atoms with Crippen LogP contribution in [0.5, 0.6) is 0 Å². The van der Waals surface area contributed by atoms with Gasteiger partial charge in [-0.2, -0.15) is 0 Å². The summed E-state index contributed by atoms with van der Waals surface area (Å²) in [6.45, 7) is 4.16. The zero-order valence-electron chi connectivity index (χ0n) is 14.0. The Hall–Kier alpha value is -1.32. The van der Waals surface area contributed by atoms with E-state index in [-0.39, 0.29) is 15.8 Å². The monoisotopic (exact) mass is 430 g/mol. The minimum absolute atomic E-state index is 0.0321. The summed E-state index contributed by atoms with van der Waals surface area (Å²) >= 11 is 8.39. The van der Waals surface area contributed by atoms with Crippen molar-refractivity contribution in [3.8, 4) is 9.88 Å². The summed E-state index contributed by atoms with van der Waals surface area (Å²) in [6.07, 6.45) is 0. The summed E-state index contributed by atoms with van der Waals surface area (Å²) in [6, 6.07) is 7.44. The molecule has 0 bridgehead atoms. The first-order chi connectivity index (χ1) is 12.3. The van der Waals surface area contributed by atoms with Crippen LogP contribution in [-0.4, -0.2) is 13.4 Å². The van der Waals surface area contributed by atoms with Gasteiger partial charge in [0, 0.05) is 11.9 Å². The maximum Gasteiger partial charge on any atom is 0.250 e. The zero-order valence-corrected chi connectivity index (χ0v) is 17.2. The van der Waals surface area contributed by atoms with E-state index in [1.165, 1.54) is 40.9 Å². The van der Waals surface area contributed by atoms with Crippen LogP contribution in [0, 0.1) is 5.82 Å². The van der Waals surface area contributed by atoms with Gasteiger partial charge in [-0.25, -0.2) is 22.5 Å². The Morgan fingerprint density at radius 3 is 2.69 bits per heavy atom. The number of nitrogens with one attached hydrogen (secondary N) is 1. The fourth-order valence-corrected chi connectivity index (χ4v) is 5.77. The molecule has 0 aliphatic carbocycles. The van der Waals surface area contributed by atoms with Crippen molar-refractivity contribution in [2.75, 3.05) is 0 Å². The molecular weight excluding hydrogens is 415 g/mol. The van der Waals surface area contributed by atoms with Crippen LogP contribution in [0.15, 0.2) is 39.9 Å². The van der Waals surface area contributed by atoms with Crippen molar-refractivity contribution >= 4 is 44.3 Å². The highest BCUT2D eigenvalue weighted by Crippen LogP contribution is 2.34. The molecule has 0 fully saturated rings. The summed E-state index contributed by atoms with van der Waals surface area (Å²) in [5.74, 6) is -0.210. The summed E-state index contributed by atoms with van der Waals surface area (Å²) in [5.41, 5.74) is 1.58. The number of thiazole rings is 1. The maximum absolute atomic E-state index is 13.2. The highest BCUT2D eigenvalue weighted by atomic mass is 35.5. The highest BCUT2D eigenvalue weighted by Gasteiger charge is 2.19. The lowest BCUT2D eigenvalue weighted by Gasteiger charge is -2.05. The maximum atomic E-state index is 13.2. The van der Waals surface area contributed by atoms with E-state index >= 15 is 0 Å². The lowest BCUT2D eigenvalue weighted by atomic mass is 10.2. The molecule has 0 saturated heterocycles. The number of rotatable bonds is 6. The molecule has 9 heteroatoms. The van der Waals surface area contributed by atoms with Crippen molar-refractivity contribution in [2.24, 2.45) is 0 Å². The molecule has 2 aromatic heterocycles. The van der Waals surface area contributed by atoms with Crippen LogP contribution in [0.2, 0.25) is 5.02 Å². The van der Waals surface area contributed by atoms with Gasteiger partial charge >= 0.3 is 0 Å². The Bertz CT molecular complexity index is 1030. The van der Waals surface area contributed by atoms with Gasteiger partial charge in [-0.05, 0) is 35.7 Å². The smallest absolute Gasteiger partial charge is 0.240 e. The van der Waals surface area contributed by atoms with Gasteiger partial charge in [-0.3, -0.25) is 0 Å². The quantitative estimate of drug-likeness (QED) is 0.579. The predicted molar refractivity (Wildman–Crippen MR) is 105 cm³/mol. The molecule has 138 valence electrons. The van der Waals surface area contributed by atoms with E-state index in [4.69, 9.17) is 11.6 Å². The summed E-state index contributed by atoms with van der Waals surface area (Å²) < 4.78 is 40.9. The predicted octanol–water partition coefficient (Wildman–Crippen LogP) is 5.27. The normalized spacial score (nSPS) is 12.0. The third kappa shape index (κ3) is 4.32. The topological polar surface area (TPSA) is 59.1 Å². The summed E-state index contributed by atoms with van der Waals surface area (Å²) in [5, 5.41) is 2.76. The molecule has 0 aliphatic heterocycles. The van der Waals surface area contributed by atoms with E-state index < -0.39 is 15.8 Å². The SMILES string of the molecule is CC(C)c1csc(-c2ccc(S(=O)(=O)NCc3ccc(F)c(Cl)c3)s2)n1. The van der Waals surface area contributed by atoms with Crippen LogP contribution in [0.25, 0.3) is 9.88 Å². The molecule has 0 atom stereocenters. The third-order valence-electron chi connectivity index (χ3n) is 3.62. The van der Waals surface area contributed by atoms with Gasteiger partial charge < -0.3 is 0 Å². The lowest BCUT2D eigenvalue weighted by molar-refractivity contribution is 0.583. The van der Waals surface area contributed by atoms with Crippen molar-refractivity contribution in [3.63, 3.8) is 0 Å². The van der Waals surface area contributed by atoms with Gasteiger partial charge in [-0.1, -0.05) is 31.5 Å². The Morgan fingerprint density at radius 1 is 1.27 bits per heavy atom. The fraction of sp³-hybridized carbons (Fsp3) is 0.235. The standard InChI is InChI=1S/C17H16ClFN2O2S3/c1-10(2)14-9-24-17(21-14)15-5-6-16(25-15)26(22,23)20-8-11-3-4-13(19)12(18)7-11/h3-7,9-10,20H,8H2,1-2H3. The van der Waals surface area contributed by atoms with Crippen LogP contribution in [0.1, 0.15) is 31.0 Å². The first-order valence-electron chi connectivity index (χ1n) is 7.75. The van der Waals surface area contributed by atoms with Gasteiger partial charge in [-0.15, -0.1) is 22.7 Å². The molecule has 26 heavy (non-hydrogen) atoms. The molecule has 0 aliphatic rings. The van der Waals surface area contributed by atoms with E-state index in [0.29, 0.717) is 11.5 Å². The van der Waals surface area contributed by atoms with Crippen LogP contribution < -0.4 is 4.72 Å². The van der Waals surface area contributed by atoms with Crippen LogP contribution in [-0.2, 0) is 16.6 Å². The summed E-state index contributed by atoms with van der Waals surface area (Å²) in [4.78, 5) is 5.36. The molecular formula is C17H16ClFN2O2S3. The first kappa shape index (κ1) is 19.4. The fourth-order valence-electron chi connectivity index (χ4n) is 2.14. The average Bonchev–Trinajstić information content (AvgIpc) is 3.25. The van der Waals surface area contributed by atoms with E-state index in [1.54, 1.807) is 12.1 Å². The molecule has 0 saturated carbocycles. The summed E-state index contributed by atoms with van der Waals surface area (Å²) in [7, 11) is -3.67. The van der Waals surface area contributed by atoms with E-state index in [1.807, 2.05) is 5.38 Å². The van der Waals surface area contributed by atoms with Gasteiger partial charge in [0.25, 0.3) is 0 Å². The van der Waals surface area contributed by atoms with Crippen LogP contribution in [0.4, 0.5) is 4.39 Å². The molecule has 0 spiro atoms. The number of sulfonamides is 1. The molecule has 4 nitrogen and oxygen atoms in total. The number of benzene rings is 1. The number of halogens is 2. The van der Waals surface area contributed by atoms with Gasteiger partial charge in [0.05, 0.1) is 15.6 Å². The molecule has 0 amide bonds. The average molecular weight is 431 g/mol. The highest BCUT2D eigenvalue weighted by molar-refractivity contribution is 7.91. The number of hydrogen-bond acceptors (Lipinski definition) is 5. The first-order valence-corrected chi connectivity index (χ1v) is 11.3. The Balaban J connectivity index is 1.75. The molecule has 2 heterocycles. The lowest BCUT2D eigenvalue weighted by Crippen LogP contribution is -2.22. The number of thiophene rings is 1. The second-order valence-electron chi connectivity index (χ2n) is 5.92. The van der Waals surface area contributed by atoms with Crippen molar-refractivity contribution < 1.29 is 12.8 Å². The minimum Gasteiger partial charge on any atom is -0.240 e. The van der Waals surface area contributed by atoms with Crippen LogP contribution in [0.3, 0.4) is 0 Å². The molecule has 0 radical (unpaired) electrons. The number of nitrogens with zero attached hydrogens (tertiary/aromatic N) is 1.